The predicted octanol–water partition coefficient (Wildman–Crippen LogP) is 2.94. The third kappa shape index (κ3) is 5.40. The maximum absolute atomic E-state index is 11.2. The fraction of sp³-hybridized carbons (Fsp3) is 0.316. The molecule has 138 valence electrons. The predicted molar refractivity (Wildman–Crippen MR) is 108 cm³/mol. The summed E-state index contributed by atoms with van der Waals surface area (Å²) in [5.41, 5.74) is 1.51. The van der Waals surface area contributed by atoms with Gasteiger partial charge in [-0.2, -0.15) is 0 Å². The van der Waals surface area contributed by atoms with Crippen LogP contribution in [-0.4, -0.2) is 47.0 Å². The first-order chi connectivity index (χ1) is 12.5. The van der Waals surface area contributed by atoms with Crippen LogP contribution < -0.4 is 5.32 Å². The van der Waals surface area contributed by atoms with Gasteiger partial charge in [0.2, 0.25) is 0 Å². The first kappa shape index (κ1) is 20.6. The van der Waals surface area contributed by atoms with Crippen molar-refractivity contribution in [3.05, 3.63) is 71.8 Å². The number of carboxylic acid groups (broad SMARTS) is 1. The van der Waals surface area contributed by atoms with Gasteiger partial charge in [-0.15, -0.1) is 0 Å². The number of rotatable bonds is 10. The summed E-state index contributed by atoms with van der Waals surface area (Å²) in [5.74, 6) is -0.908. The van der Waals surface area contributed by atoms with Gasteiger partial charge in [-0.05, 0) is 25.2 Å². The molecule has 5 nitrogen and oxygen atoms in total. The third-order valence-electron chi connectivity index (χ3n) is 4.19. The first-order valence-corrected chi connectivity index (χ1v) is 10.2. The minimum absolute atomic E-state index is 0.165. The van der Waals surface area contributed by atoms with Gasteiger partial charge in [-0.25, -0.2) is 0 Å². The lowest BCUT2D eigenvalue weighted by atomic mass is 10.2. The Morgan fingerprint density at radius 3 is 1.77 bits per heavy atom. The van der Waals surface area contributed by atoms with E-state index in [1.807, 2.05) is 50.5 Å². The van der Waals surface area contributed by atoms with Crippen LogP contribution in [-0.2, 0) is 29.7 Å². The van der Waals surface area contributed by atoms with Gasteiger partial charge in [-0.3, -0.25) is 19.9 Å². The molecule has 7 heteroatoms. The number of aliphatic carboxylic acids is 1. The molecule has 0 unspecified atom stereocenters. The minimum atomic E-state index is -0.908. The SMILES string of the molecule is CN(Cc1ccccc1)C(NCC(=O)O)(P=S)N(C)Cc1ccccc1. The summed E-state index contributed by atoms with van der Waals surface area (Å²) >= 11 is 5.46. The number of carbonyl (C=O) groups is 1. The zero-order chi connectivity index (χ0) is 19.0. The van der Waals surface area contributed by atoms with E-state index in [0.29, 0.717) is 20.4 Å². The molecule has 0 atom stereocenters. The highest BCUT2D eigenvalue weighted by molar-refractivity contribution is 7.97. The topological polar surface area (TPSA) is 55.8 Å². The molecule has 0 aliphatic heterocycles. The van der Waals surface area contributed by atoms with Crippen LogP contribution in [0.4, 0.5) is 0 Å². The molecule has 0 amide bonds. The zero-order valence-electron chi connectivity index (χ0n) is 15.0. The van der Waals surface area contributed by atoms with E-state index in [1.165, 1.54) is 0 Å². The average Bonchev–Trinajstić information content (AvgIpc) is 2.64. The van der Waals surface area contributed by atoms with E-state index in [4.69, 9.17) is 11.8 Å². The molecule has 0 aromatic heterocycles. The standard InChI is InChI=1S/C19H24N3O2PS/c1-21(14-16-9-5-3-6-10-16)19(25-26,20-13-18(23)24)22(2)15-17-11-7-4-8-12-17/h3-12,20H,13-15H2,1-2H3,(H,23,24). The van der Waals surface area contributed by atoms with Crippen LogP contribution >= 0.6 is 7.36 Å². The van der Waals surface area contributed by atoms with Crippen molar-refractivity contribution in [3.8, 4) is 0 Å². The highest BCUT2D eigenvalue weighted by Gasteiger charge is 2.38. The van der Waals surface area contributed by atoms with Crippen LogP contribution in [0.25, 0.3) is 0 Å². The fourth-order valence-electron chi connectivity index (χ4n) is 2.86. The summed E-state index contributed by atoms with van der Waals surface area (Å²) in [6.45, 7) is 1.13. The molecule has 0 heterocycles. The Labute approximate surface area is 161 Å². The first-order valence-electron chi connectivity index (χ1n) is 8.29. The van der Waals surface area contributed by atoms with Crippen molar-refractivity contribution in [2.75, 3.05) is 20.6 Å². The van der Waals surface area contributed by atoms with Crippen molar-refractivity contribution >= 4 is 25.1 Å². The van der Waals surface area contributed by atoms with Crippen LogP contribution in [0.15, 0.2) is 60.7 Å². The van der Waals surface area contributed by atoms with Crippen molar-refractivity contribution in [1.29, 1.82) is 0 Å². The molecule has 26 heavy (non-hydrogen) atoms. The van der Waals surface area contributed by atoms with Gasteiger partial charge in [0.15, 0.2) is 5.53 Å². The van der Waals surface area contributed by atoms with Crippen molar-refractivity contribution in [2.24, 2.45) is 0 Å². The molecule has 0 bridgehead atoms. The lowest BCUT2D eigenvalue weighted by Gasteiger charge is -2.45. The monoisotopic (exact) mass is 389 g/mol. The Morgan fingerprint density at radius 1 is 1.00 bits per heavy atom. The molecule has 2 aromatic rings. The lowest BCUT2D eigenvalue weighted by molar-refractivity contribution is -0.137. The maximum Gasteiger partial charge on any atom is 0.317 e. The van der Waals surface area contributed by atoms with Crippen molar-refractivity contribution in [2.45, 2.75) is 18.6 Å². The van der Waals surface area contributed by atoms with Gasteiger partial charge in [0.1, 0.15) is 0 Å². The molecule has 0 spiro atoms. The number of carboxylic acids is 1. The summed E-state index contributed by atoms with van der Waals surface area (Å²) in [7, 11) is 4.53. The molecule has 0 fully saturated rings. The second kappa shape index (κ2) is 9.86. The third-order valence-corrected chi connectivity index (χ3v) is 6.05. The Hall–Kier alpha value is -1.69. The minimum Gasteiger partial charge on any atom is -0.480 e. The number of hydrogen-bond acceptors (Lipinski definition) is 5. The van der Waals surface area contributed by atoms with Crippen molar-refractivity contribution in [3.63, 3.8) is 0 Å². The fourth-order valence-corrected chi connectivity index (χ4v) is 4.46. The molecular weight excluding hydrogens is 365 g/mol. The van der Waals surface area contributed by atoms with Gasteiger partial charge in [0.05, 0.1) is 6.54 Å². The second-order valence-electron chi connectivity index (χ2n) is 6.16. The van der Waals surface area contributed by atoms with Crippen LogP contribution in [0.1, 0.15) is 11.1 Å². The van der Waals surface area contributed by atoms with Crippen LogP contribution in [0.2, 0.25) is 0 Å². The summed E-state index contributed by atoms with van der Waals surface area (Å²) in [4.78, 5) is 15.3. The number of hydrogen-bond donors (Lipinski definition) is 2. The maximum atomic E-state index is 11.2. The highest BCUT2D eigenvalue weighted by Crippen LogP contribution is 2.30. The molecular formula is C19H24N3O2PS. The highest BCUT2D eigenvalue weighted by atomic mass is 32.4. The molecule has 0 saturated carbocycles. The van der Waals surface area contributed by atoms with E-state index in [2.05, 4.69) is 39.4 Å². The van der Waals surface area contributed by atoms with E-state index in [-0.39, 0.29) is 6.54 Å². The quantitative estimate of drug-likeness (QED) is 0.481. The Kier molecular flexibility index (Phi) is 7.82. The van der Waals surface area contributed by atoms with E-state index >= 15 is 0 Å². The average molecular weight is 389 g/mol. The Bertz CT molecular complexity index is 668. The van der Waals surface area contributed by atoms with E-state index < -0.39 is 11.5 Å². The van der Waals surface area contributed by atoms with Crippen molar-refractivity contribution < 1.29 is 9.90 Å². The van der Waals surface area contributed by atoms with Gasteiger partial charge in [0.25, 0.3) is 0 Å². The largest absolute Gasteiger partial charge is 0.480 e. The van der Waals surface area contributed by atoms with Crippen LogP contribution in [0, 0.1) is 0 Å². The van der Waals surface area contributed by atoms with Gasteiger partial charge in [0, 0.05) is 20.4 Å². The summed E-state index contributed by atoms with van der Waals surface area (Å²) < 4.78 is 0. The molecule has 2 rings (SSSR count). The Balaban J connectivity index is 2.26. The smallest absolute Gasteiger partial charge is 0.317 e. The number of nitrogens with zero attached hydrogens (tertiary/aromatic N) is 2. The molecule has 2 N–H and O–H groups in total. The van der Waals surface area contributed by atoms with E-state index in [0.717, 1.165) is 11.1 Å². The van der Waals surface area contributed by atoms with Crippen LogP contribution in [0.3, 0.4) is 0 Å². The number of nitrogens with one attached hydrogen (secondary N) is 1. The molecule has 0 aliphatic carbocycles. The van der Waals surface area contributed by atoms with E-state index in [1.54, 1.807) is 0 Å². The molecule has 0 radical (unpaired) electrons. The molecule has 0 aliphatic rings. The second-order valence-corrected chi connectivity index (χ2v) is 7.51. The summed E-state index contributed by atoms with van der Waals surface area (Å²) in [5, 5.41) is 12.3. The zero-order valence-corrected chi connectivity index (χ0v) is 16.7. The van der Waals surface area contributed by atoms with Gasteiger partial charge >= 0.3 is 5.97 Å². The van der Waals surface area contributed by atoms with Gasteiger partial charge in [-0.1, -0.05) is 72.5 Å². The summed E-state index contributed by atoms with van der Waals surface area (Å²) in [6.07, 6.45) is 0. The molecule has 0 saturated heterocycles. The Morgan fingerprint density at radius 2 is 1.42 bits per heavy atom. The summed E-state index contributed by atoms with van der Waals surface area (Å²) in [6, 6.07) is 20.1. The van der Waals surface area contributed by atoms with Crippen LogP contribution in [0.5, 0.6) is 0 Å². The van der Waals surface area contributed by atoms with E-state index in [9.17, 15) is 9.90 Å². The van der Waals surface area contributed by atoms with Gasteiger partial charge < -0.3 is 5.11 Å². The van der Waals surface area contributed by atoms with Crippen molar-refractivity contribution in [1.82, 2.24) is 15.1 Å². The normalized spacial score (nSPS) is 12.0. The molecule has 2 aromatic carbocycles. The lowest BCUT2D eigenvalue weighted by Crippen LogP contribution is -2.63. The number of benzene rings is 2.